The molecule has 0 spiro atoms. The topological polar surface area (TPSA) is 84.6 Å². The van der Waals surface area contributed by atoms with Crippen LogP contribution >= 0.6 is 24.0 Å². The third kappa shape index (κ3) is 7.38. The molecule has 2 aromatic rings. The third-order valence-electron chi connectivity index (χ3n) is 5.79. The van der Waals surface area contributed by atoms with Crippen molar-refractivity contribution in [3.05, 3.63) is 35.5 Å². The molecule has 0 atom stereocenters. The Bertz CT molecular complexity index is 857. The molecule has 3 rings (SSSR count). The number of rotatable bonds is 8. The van der Waals surface area contributed by atoms with Crippen molar-refractivity contribution in [2.24, 2.45) is 4.99 Å². The number of halogens is 1. The van der Waals surface area contributed by atoms with Crippen LogP contribution in [0.15, 0.2) is 29.4 Å². The summed E-state index contributed by atoms with van der Waals surface area (Å²) in [4.78, 5) is 21.9. The Labute approximate surface area is 202 Å². The Morgan fingerprint density at radius 1 is 1.23 bits per heavy atom. The van der Waals surface area contributed by atoms with Gasteiger partial charge in [-0.2, -0.15) is 0 Å². The number of likely N-dealkylation sites (tertiary alicyclic amines) is 1. The molecule has 7 nitrogen and oxygen atoms in total. The lowest BCUT2D eigenvalue weighted by Gasteiger charge is -2.32. The summed E-state index contributed by atoms with van der Waals surface area (Å²) in [5, 5.41) is 11.2. The van der Waals surface area contributed by atoms with Gasteiger partial charge in [-0.15, -0.1) is 24.0 Å². The van der Waals surface area contributed by atoms with Gasteiger partial charge >= 0.3 is 0 Å². The van der Waals surface area contributed by atoms with Crippen LogP contribution in [0, 0.1) is 6.92 Å². The lowest BCUT2D eigenvalue weighted by molar-refractivity contribution is -0.122. The summed E-state index contributed by atoms with van der Waals surface area (Å²) >= 11 is 0. The number of aliphatic imine (C=N–C) groups is 1. The van der Waals surface area contributed by atoms with Crippen LogP contribution in [0.4, 0.5) is 0 Å². The molecular formula is C23H37IN6O. The first-order chi connectivity index (χ1) is 14.6. The number of para-hydroxylation sites is 1. The van der Waals surface area contributed by atoms with E-state index in [2.05, 4.69) is 69.1 Å². The highest BCUT2D eigenvalue weighted by Crippen LogP contribution is 2.21. The molecule has 31 heavy (non-hydrogen) atoms. The zero-order chi connectivity index (χ0) is 21.3. The van der Waals surface area contributed by atoms with E-state index >= 15 is 0 Å². The van der Waals surface area contributed by atoms with E-state index in [1.54, 1.807) is 0 Å². The summed E-state index contributed by atoms with van der Waals surface area (Å²) in [5.74, 6) is 0.985. The fraction of sp³-hybridized carbons (Fsp3) is 0.565. The van der Waals surface area contributed by atoms with E-state index in [1.807, 2.05) is 7.05 Å². The van der Waals surface area contributed by atoms with Gasteiger partial charge in [0.2, 0.25) is 5.91 Å². The Hall–Kier alpha value is -1.81. The summed E-state index contributed by atoms with van der Waals surface area (Å²) in [6.07, 6.45) is 6.06. The molecule has 1 saturated heterocycles. The minimum Gasteiger partial charge on any atom is -0.361 e. The number of H-pyrrole nitrogens is 1. The van der Waals surface area contributed by atoms with Gasteiger partial charge in [0.05, 0.1) is 6.54 Å². The van der Waals surface area contributed by atoms with Crippen molar-refractivity contribution in [1.82, 2.24) is 25.8 Å². The quantitative estimate of drug-likeness (QED) is 0.236. The Morgan fingerprint density at radius 2 is 2.00 bits per heavy atom. The second-order valence-electron chi connectivity index (χ2n) is 8.11. The fourth-order valence-corrected chi connectivity index (χ4v) is 4.03. The lowest BCUT2D eigenvalue weighted by atomic mass is 10.1. The van der Waals surface area contributed by atoms with Crippen LogP contribution in [0.5, 0.6) is 0 Å². The number of nitrogens with zero attached hydrogens (tertiary/aromatic N) is 2. The molecule has 0 saturated carbocycles. The average Bonchev–Trinajstić information content (AvgIpc) is 3.17. The van der Waals surface area contributed by atoms with Gasteiger partial charge in [-0.1, -0.05) is 25.1 Å². The summed E-state index contributed by atoms with van der Waals surface area (Å²) in [5.41, 5.74) is 3.83. The van der Waals surface area contributed by atoms with Crippen molar-refractivity contribution in [3.8, 4) is 0 Å². The average molecular weight is 540 g/mol. The third-order valence-corrected chi connectivity index (χ3v) is 5.79. The van der Waals surface area contributed by atoms with E-state index in [-0.39, 0.29) is 29.9 Å². The molecule has 1 fully saturated rings. The van der Waals surface area contributed by atoms with Gasteiger partial charge in [0.15, 0.2) is 5.96 Å². The SMILES string of the molecule is CCCNC(=O)CN1CCC(NC(=NC)NCCc2c[nH]c3c(C)cccc23)CC1.I. The molecule has 1 aromatic carbocycles. The summed E-state index contributed by atoms with van der Waals surface area (Å²) < 4.78 is 0. The first kappa shape index (κ1) is 25.5. The van der Waals surface area contributed by atoms with Gasteiger partial charge in [-0.05, 0) is 43.7 Å². The number of hydrogen-bond donors (Lipinski definition) is 4. The second-order valence-corrected chi connectivity index (χ2v) is 8.11. The van der Waals surface area contributed by atoms with Crippen molar-refractivity contribution < 1.29 is 4.79 Å². The standard InChI is InChI=1S/C23H36N6O.HI/c1-4-11-25-21(30)16-29-13-9-19(10-14-29)28-23(24-3)26-12-8-18-15-27-22-17(2)6-5-7-20(18)22;/h5-7,15,19,27H,4,8-14,16H2,1-3H3,(H,25,30)(H2,24,26,28);1H. The number of aromatic nitrogens is 1. The predicted octanol–water partition coefficient (Wildman–Crippen LogP) is 2.79. The van der Waals surface area contributed by atoms with Crippen LogP contribution in [0.2, 0.25) is 0 Å². The smallest absolute Gasteiger partial charge is 0.234 e. The van der Waals surface area contributed by atoms with Crippen molar-refractivity contribution >= 4 is 46.7 Å². The van der Waals surface area contributed by atoms with Gasteiger partial charge in [0.25, 0.3) is 0 Å². The van der Waals surface area contributed by atoms with E-state index in [1.165, 1.54) is 22.0 Å². The van der Waals surface area contributed by atoms with E-state index in [0.29, 0.717) is 12.6 Å². The number of aromatic amines is 1. The number of nitrogens with one attached hydrogen (secondary N) is 4. The maximum Gasteiger partial charge on any atom is 0.234 e. The number of carbonyl (C=O) groups excluding carboxylic acids is 1. The molecule has 1 aliphatic rings. The highest BCUT2D eigenvalue weighted by atomic mass is 127. The zero-order valence-corrected chi connectivity index (χ0v) is 21.3. The maximum absolute atomic E-state index is 11.9. The number of guanidine groups is 1. The molecule has 4 N–H and O–H groups in total. The molecule has 0 radical (unpaired) electrons. The molecule has 1 aromatic heterocycles. The number of fused-ring (bicyclic) bond motifs is 1. The predicted molar refractivity (Wildman–Crippen MR) is 139 cm³/mol. The van der Waals surface area contributed by atoms with Crippen LogP contribution in [-0.4, -0.2) is 67.6 Å². The summed E-state index contributed by atoms with van der Waals surface area (Å²) in [6, 6.07) is 6.82. The Morgan fingerprint density at radius 3 is 2.71 bits per heavy atom. The lowest BCUT2D eigenvalue weighted by Crippen LogP contribution is -2.50. The largest absolute Gasteiger partial charge is 0.361 e. The van der Waals surface area contributed by atoms with Crippen LogP contribution in [0.1, 0.15) is 37.3 Å². The van der Waals surface area contributed by atoms with Crippen molar-refractivity contribution in [3.63, 3.8) is 0 Å². The summed E-state index contributed by atoms with van der Waals surface area (Å²) in [6.45, 7) is 8.17. The van der Waals surface area contributed by atoms with E-state index in [9.17, 15) is 4.79 Å². The number of carbonyl (C=O) groups is 1. The number of piperidine rings is 1. The molecule has 172 valence electrons. The van der Waals surface area contributed by atoms with Crippen LogP contribution in [0.25, 0.3) is 10.9 Å². The van der Waals surface area contributed by atoms with E-state index in [4.69, 9.17) is 0 Å². The number of hydrogen-bond acceptors (Lipinski definition) is 3. The molecule has 8 heteroatoms. The van der Waals surface area contributed by atoms with Crippen LogP contribution < -0.4 is 16.0 Å². The number of aryl methyl sites for hydroxylation is 1. The first-order valence-electron chi connectivity index (χ1n) is 11.1. The van der Waals surface area contributed by atoms with Crippen LogP contribution in [-0.2, 0) is 11.2 Å². The van der Waals surface area contributed by atoms with Crippen molar-refractivity contribution in [2.45, 2.75) is 45.6 Å². The zero-order valence-electron chi connectivity index (χ0n) is 19.0. The molecule has 0 unspecified atom stereocenters. The van der Waals surface area contributed by atoms with Gasteiger partial charge in [-0.25, -0.2) is 0 Å². The highest BCUT2D eigenvalue weighted by Gasteiger charge is 2.21. The molecule has 2 heterocycles. The molecule has 0 aliphatic carbocycles. The van der Waals surface area contributed by atoms with E-state index < -0.39 is 0 Å². The Balaban J connectivity index is 0.00000341. The minimum absolute atomic E-state index is 0. The van der Waals surface area contributed by atoms with Gasteiger partial charge in [-0.3, -0.25) is 14.7 Å². The van der Waals surface area contributed by atoms with Gasteiger partial charge in [0, 0.05) is 56.4 Å². The monoisotopic (exact) mass is 540 g/mol. The first-order valence-corrected chi connectivity index (χ1v) is 11.1. The minimum atomic E-state index is 0. The Kier molecular flexibility index (Phi) is 10.6. The highest BCUT2D eigenvalue weighted by molar-refractivity contribution is 14.0. The number of amides is 1. The van der Waals surface area contributed by atoms with Gasteiger partial charge < -0.3 is 20.9 Å². The van der Waals surface area contributed by atoms with Crippen molar-refractivity contribution in [1.29, 1.82) is 0 Å². The molecule has 0 bridgehead atoms. The van der Waals surface area contributed by atoms with Gasteiger partial charge in [0.1, 0.15) is 0 Å². The summed E-state index contributed by atoms with van der Waals surface area (Å²) in [7, 11) is 1.82. The second kappa shape index (κ2) is 12.9. The van der Waals surface area contributed by atoms with Crippen LogP contribution in [0.3, 0.4) is 0 Å². The fourth-order valence-electron chi connectivity index (χ4n) is 4.03. The number of benzene rings is 1. The molecular weight excluding hydrogens is 503 g/mol. The molecule has 1 aliphatic heterocycles. The normalized spacial score (nSPS) is 15.5. The van der Waals surface area contributed by atoms with Crippen molar-refractivity contribution in [2.75, 3.05) is 39.8 Å². The molecule has 1 amide bonds. The maximum atomic E-state index is 11.9. The van der Waals surface area contributed by atoms with E-state index in [0.717, 1.165) is 57.8 Å².